The fourth-order valence-corrected chi connectivity index (χ4v) is 5.75. The molecule has 1 unspecified atom stereocenters. The minimum atomic E-state index is -2.80. The average molecular weight is 455 g/mol. The summed E-state index contributed by atoms with van der Waals surface area (Å²) in [6, 6.07) is 1.08. The Balaban J connectivity index is 0.00000192. The van der Waals surface area contributed by atoms with Crippen LogP contribution < -0.4 is 10.6 Å². The Bertz CT molecular complexity index is 477. The number of halogens is 1. The normalized spacial score (nSPS) is 27.6. The molecule has 3 aliphatic rings. The summed E-state index contributed by atoms with van der Waals surface area (Å²) >= 11 is 0. The van der Waals surface area contributed by atoms with Crippen molar-refractivity contribution in [3.8, 4) is 0 Å². The highest BCUT2D eigenvalue weighted by Gasteiger charge is 2.28. The van der Waals surface area contributed by atoms with Crippen LogP contribution in [0.3, 0.4) is 0 Å². The number of sulfone groups is 1. The van der Waals surface area contributed by atoms with Crippen molar-refractivity contribution in [2.75, 3.05) is 18.1 Å². The van der Waals surface area contributed by atoms with E-state index < -0.39 is 9.84 Å². The van der Waals surface area contributed by atoms with Gasteiger partial charge >= 0.3 is 0 Å². The quantitative estimate of drug-likeness (QED) is 0.388. The molecule has 1 aliphatic heterocycles. The maximum atomic E-state index is 11.6. The van der Waals surface area contributed by atoms with E-state index in [4.69, 9.17) is 4.99 Å². The molecule has 0 bridgehead atoms. The van der Waals surface area contributed by atoms with Crippen LogP contribution in [0.2, 0.25) is 0 Å². The lowest BCUT2D eigenvalue weighted by Gasteiger charge is -2.21. The first-order valence-corrected chi connectivity index (χ1v) is 10.7. The third-order valence-electron chi connectivity index (χ3n) is 5.23. The molecule has 0 aromatic heterocycles. The van der Waals surface area contributed by atoms with Gasteiger partial charge in [-0.05, 0) is 38.0 Å². The summed E-state index contributed by atoms with van der Waals surface area (Å²) in [5.41, 5.74) is 0. The van der Waals surface area contributed by atoms with Crippen LogP contribution in [0, 0.1) is 5.92 Å². The second kappa shape index (κ2) is 8.87. The van der Waals surface area contributed by atoms with E-state index in [1.165, 1.54) is 51.4 Å². The number of guanidine groups is 1. The number of hydrogen-bond donors (Lipinski definition) is 2. The van der Waals surface area contributed by atoms with Crippen molar-refractivity contribution in [3.63, 3.8) is 0 Å². The fourth-order valence-electron chi connectivity index (χ4n) is 3.90. The number of aliphatic imine (C=N–C) groups is 1. The van der Waals surface area contributed by atoms with Crippen molar-refractivity contribution in [3.05, 3.63) is 0 Å². The van der Waals surface area contributed by atoms with Crippen LogP contribution in [0.15, 0.2) is 4.99 Å². The summed E-state index contributed by atoms with van der Waals surface area (Å²) in [6.45, 7) is 0.633. The van der Waals surface area contributed by atoms with Crippen molar-refractivity contribution in [2.45, 2.75) is 69.9 Å². The van der Waals surface area contributed by atoms with Gasteiger partial charge in [0.2, 0.25) is 0 Å². The van der Waals surface area contributed by atoms with E-state index in [1.807, 2.05) is 0 Å². The van der Waals surface area contributed by atoms with Crippen LogP contribution >= 0.6 is 24.0 Å². The molecule has 7 heteroatoms. The van der Waals surface area contributed by atoms with Gasteiger partial charge in [-0.1, -0.05) is 25.7 Å². The van der Waals surface area contributed by atoms with Crippen LogP contribution in [0.1, 0.15) is 57.8 Å². The molecular weight excluding hydrogens is 425 g/mol. The molecule has 2 aliphatic carbocycles. The van der Waals surface area contributed by atoms with E-state index in [2.05, 4.69) is 10.6 Å². The van der Waals surface area contributed by atoms with Gasteiger partial charge in [-0.15, -0.1) is 24.0 Å². The second-order valence-corrected chi connectivity index (χ2v) is 9.44. The van der Waals surface area contributed by atoms with Crippen LogP contribution in [-0.4, -0.2) is 44.5 Å². The van der Waals surface area contributed by atoms with Gasteiger partial charge in [0.25, 0.3) is 0 Å². The topological polar surface area (TPSA) is 70.6 Å². The van der Waals surface area contributed by atoms with Crippen molar-refractivity contribution in [1.29, 1.82) is 0 Å². The first-order chi connectivity index (χ1) is 10.6. The molecular formula is C16H30IN3O2S. The van der Waals surface area contributed by atoms with Crippen molar-refractivity contribution < 1.29 is 8.42 Å². The first kappa shape index (κ1) is 19.3. The molecule has 1 atom stereocenters. The van der Waals surface area contributed by atoms with E-state index >= 15 is 0 Å². The third-order valence-corrected chi connectivity index (χ3v) is 7.06. The molecule has 0 amide bonds. The number of hydrogen-bond acceptors (Lipinski definition) is 3. The summed E-state index contributed by atoms with van der Waals surface area (Å²) in [4.78, 5) is 4.73. The minimum Gasteiger partial charge on any atom is -0.354 e. The Morgan fingerprint density at radius 2 is 1.43 bits per heavy atom. The second-order valence-electron chi connectivity index (χ2n) is 7.21. The van der Waals surface area contributed by atoms with Gasteiger partial charge in [-0.3, -0.25) is 4.99 Å². The van der Waals surface area contributed by atoms with E-state index in [-0.39, 0.29) is 29.9 Å². The van der Waals surface area contributed by atoms with Gasteiger partial charge in [-0.25, -0.2) is 8.42 Å². The maximum absolute atomic E-state index is 11.6. The molecule has 0 spiro atoms. The number of nitrogens with one attached hydrogen (secondary N) is 2. The first-order valence-electron chi connectivity index (χ1n) is 8.89. The molecule has 0 aromatic rings. The SMILES string of the molecule is I.O=S1(=O)CCC(CN=C(NC2CCCC2)NC2CCCC2)C1. The molecule has 0 radical (unpaired) electrons. The highest BCUT2D eigenvalue weighted by atomic mass is 127. The molecule has 0 aromatic carbocycles. The molecule has 3 rings (SSSR count). The highest BCUT2D eigenvalue weighted by molar-refractivity contribution is 14.0. The molecule has 1 saturated heterocycles. The molecule has 1 heterocycles. The Labute approximate surface area is 157 Å². The highest BCUT2D eigenvalue weighted by Crippen LogP contribution is 2.21. The summed E-state index contributed by atoms with van der Waals surface area (Å²) < 4.78 is 23.1. The summed E-state index contributed by atoms with van der Waals surface area (Å²) in [5, 5.41) is 7.15. The lowest BCUT2D eigenvalue weighted by molar-refractivity contribution is 0.558. The Morgan fingerprint density at radius 3 is 1.87 bits per heavy atom. The fraction of sp³-hybridized carbons (Fsp3) is 0.938. The molecule has 2 saturated carbocycles. The van der Waals surface area contributed by atoms with E-state index in [1.54, 1.807) is 0 Å². The molecule has 134 valence electrons. The third kappa shape index (κ3) is 6.07. The number of rotatable bonds is 4. The number of nitrogens with zero attached hydrogens (tertiary/aromatic N) is 1. The van der Waals surface area contributed by atoms with Gasteiger partial charge in [0, 0.05) is 18.6 Å². The smallest absolute Gasteiger partial charge is 0.191 e. The lowest BCUT2D eigenvalue weighted by atomic mass is 10.1. The standard InChI is InChI=1S/C16H29N3O2S.HI/c20-22(21)10-9-13(12-22)11-17-16(18-14-5-1-2-6-14)19-15-7-3-4-8-15;/h13-15H,1-12H2,(H2,17,18,19);1H. The zero-order valence-corrected chi connectivity index (χ0v) is 16.9. The summed E-state index contributed by atoms with van der Waals surface area (Å²) in [6.07, 6.45) is 10.9. The lowest BCUT2D eigenvalue weighted by Crippen LogP contribution is -2.46. The molecule has 2 N–H and O–H groups in total. The predicted octanol–water partition coefficient (Wildman–Crippen LogP) is 2.46. The van der Waals surface area contributed by atoms with Crippen LogP contribution in [0.25, 0.3) is 0 Å². The minimum absolute atomic E-state index is 0. The van der Waals surface area contributed by atoms with E-state index in [0.717, 1.165) is 12.4 Å². The zero-order chi connectivity index (χ0) is 15.4. The zero-order valence-electron chi connectivity index (χ0n) is 13.8. The predicted molar refractivity (Wildman–Crippen MR) is 105 cm³/mol. The van der Waals surface area contributed by atoms with E-state index in [0.29, 0.717) is 30.1 Å². The summed E-state index contributed by atoms with van der Waals surface area (Å²) in [7, 11) is -2.80. The van der Waals surface area contributed by atoms with Gasteiger partial charge < -0.3 is 10.6 Å². The summed E-state index contributed by atoms with van der Waals surface area (Å²) in [5.74, 6) is 1.78. The van der Waals surface area contributed by atoms with Gasteiger partial charge in [0.15, 0.2) is 15.8 Å². The largest absolute Gasteiger partial charge is 0.354 e. The maximum Gasteiger partial charge on any atom is 0.191 e. The van der Waals surface area contributed by atoms with Crippen molar-refractivity contribution >= 4 is 39.8 Å². The Hall–Kier alpha value is -0.0500. The van der Waals surface area contributed by atoms with Crippen LogP contribution in [-0.2, 0) is 9.84 Å². The average Bonchev–Trinajstić information content (AvgIpc) is 3.19. The van der Waals surface area contributed by atoms with E-state index in [9.17, 15) is 8.42 Å². The molecule has 23 heavy (non-hydrogen) atoms. The van der Waals surface area contributed by atoms with Gasteiger partial charge in [-0.2, -0.15) is 0 Å². The molecule has 5 nitrogen and oxygen atoms in total. The Morgan fingerprint density at radius 1 is 0.913 bits per heavy atom. The Kier molecular flexibility index (Phi) is 7.44. The van der Waals surface area contributed by atoms with Crippen LogP contribution in [0.4, 0.5) is 0 Å². The van der Waals surface area contributed by atoms with Crippen molar-refractivity contribution in [1.82, 2.24) is 10.6 Å². The van der Waals surface area contributed by atoms with Crippen LogP contribution in [0.5, 0.6) is 0 Å². The van der Waals surface area contributed by atoms with Crippen molar-refractivity contribution in [2.24, 2.45) is 10.9 Å². The van der Waals surface area contributed by atoms with Gasteiger partial charge in [0.05, 0.1) is 11.5 Å². The van der Waals surface area contributed by atoms with Gasteiger partial charge in [0.1, 0.15) is 0 Å². The molecule has 3 fully saturated rings. The monoisotopic (exact) mass is 455 g/mol.